The standard InChI is InChI=1S/C20H27N7O2.HI/c1-2-21-20(24-12-11-22-17-7-3-4-8-18(17)27(28)29)26-15-13-25(14-16-26)19-9-5-6-10-23-19;/h3-10,22H,2,11-16H2,1H3,(H,21,24);1H. The van der Waals surface area contributed by atoms with E-state index < -0.39 is 0 Å². The number of hydrogen-bond acceptors (Lipinski definition) is 6. The van der Waals surface area contributed by atoms with Crippen molar-refractivity contribution in [3.63, 3.8) is 0 Å². The summed E-state index contributed by atoms with van der Waals surface area (Å²) < 4.78 is 0. The van der Waals surface area contributed by atoms with Crippen LogP contribution in [-0.4, -0.2) is 66.6 Å². The summed E-state index contributed by atoms with van der Waals surface area (Å²) in [6, 6.07) is 12.6. The number of nitro groups is 1. The molecule has 0 unspecified atom stereocenters. The Labute approximate surface area is 193 Å². The van der Waals surface area contributed by atoms with Crippen molar-refractivity contribution in [2.24, 2.45) is 4.99 Å². The van der Waals surface area contributed by atoms with E-state index in [0.717, 1.165) is 44.5 Å². The van der Waals surface area contributed by atoms with Crippen LogP contribution in [0.25, 0.3) is 0 Å². The third-order valence-electron chi connectivity index (χ3n) is 4.68. The van der Waals surface area contributed by atoms with E-state index in [-0.39, 0.29) is 34.6 Å². The van der Waals surface area contributed by atoms with Crippen LogP contribution in [0.15, 0.2) is 53.7 Å². The molecule has 1 fully saturated rings. The van der Waals surface area contributed by atoms with Gasteiger partial charge in [-0.2, -0.15) is 0 Å². The highest BCUT2D eigenvalue weighted by atomic mass is 127. The number of rotatable bonds is 7. The number of guanidine groups is 1. The van der Waals surface area contributed by atoms with Crippen LogP contribution in [0.3, 0.4) is 0 Å². The second kappa shape index (κ2) is 12.2. The zero-order chi connectivity index (χ0) is 20.5. The van der Waals surface area contributed by atoms with Gasteiger partial charge in [-0.15, -0.1) is 24.0 Å². The summed E-state index contributed by atoms with van der Waals surface area (Å²) in [7, 11) is 0. The number of pyridine rings is 1. The SMILES string of the molecule is CCNC(=NCCNc1ccccc1[N+](=O)[O-])N1CCN(c2ccccn2)CC1.I. The smallest absolute Gasteiger partial charge is 0.292 e. The molecular weight excluding hydrogens is 497 g/mol. The van der Waals surface area contributed by atoms with Gasteiger partial charge in [0.1, 0.15) is 11.5 Å². The zero-order valence-corrected chi connectivity index (χ0v) is 19.4. The normalized spacial score (nSPS) is 14.1. The van der Waals surface area contributed by atoms with Crippen molar-refractivity contribution in [1.29, 1.82) is 0 Å². The van der Waals surface area contributed by atoms with Gasteiger partial charge in [0, 0.05) is 51.5 Å². The number of benzene rings is 1. The van der Waals surface area contributed by atoms with Crippen molar-refractivity contribution in [2.75, 3.05) is 56.0 Å². The molecule has 0 saturated carbocycles. The van der Waals surface area contributed by atoms with Crippen LogP contribution in [0, 0.1) is 10.1 Å². The molecule has 0 aliphatic carbocycles. The maximum atomic E-state index is 11.1. The van der Waals surface area contributed by atoms with Gasteiger partial charge in [0.15, 0.2) is 5.96 Å². The Morgan fingerprint density at radius 1 is 1.17 bits per heavy atom. The molecule has 0 bridgehead atoms. The maximum absolute atomic E-state index is 11.1. The summed E-state index contributed by atoms with van der Waals surface area (Å²) in [6.07, 6.45) is 1.82. The van der Waals surface area contributed by atoms with E-state index in [2.05, 4.69) is 30.4 Å². The second-order valence-electron chi connectivity index (χ2n) is 6.60. The average molecular weight is 525 g/mol. The van der Waals surface area contributed by atoms with Gasteiger partial charge in [-0.3, -0.25) is 15.1 Å². The lowest BCUT2D eigenvalue weighted by Gasteiger charge is -2.37. The van der Waals surface area contributed by atoms with E-state index in [1.54, 1.807) is 18.2 Å². The molecule has 3 rings (SSSR count). The van der Waals surface area contributed by atoms with E-state index >= 15 is 0 Å². The summed E-state index contributed by atoms with van der Waals surface area (Å²) >= 11 is 0. The monoisotopic (exact) mass is 525 g/mol. The highest BCUT2D eigenvalue weighted by molar-refractivity contribution is 14.0. The Kier molecular flexibility index (Phi) is 9.58. The molecule has 1 aromatic carbocycles. The molecule has 10 heteroatoms. The number of nitrogens with one attached hydrogen (secondary N) is 2. The molecule has 1 aliphatic rings. The van der Waals surface area contributed by atoms with E-state index in [9.17, 15) is 10.1 Å². The van der Waals surface area contributed by atoms with Gasteiger partial charge in [-0.25, -0.2) is 4.98 Å². The number of piperazine rings is 1. The van der Waals surface area contributed by atoms with Crippen LogP contribution < -0.4 is 15.5 Å². The van der Waals surface area contributed by atoms with Crippen molar-refractivity contribution in [3.05, 3.63) is 58.8 Å². The van der Waals surface area contributed by atoms with Crippen molar-refractivity contribution in [3.8, 4) is 0 Å². The van der Waals surface area contributed by atoms with Gasteiger partial charge in [-0.1, -0.05) is 18.2 Å². The molecule has 0 amide bonds. The zero-order valence-electron chi connectivity index (χ0n) is 17.0. The van der Waals surface area contributed by atoms with Crippen LogP contribution in [0.1, 0.15) is 6.92 Å². The number of anilines is 2. The summed E-state index contributed by atoms with van der Waals surface area (Å²) in [5.41, 5.74) is 0.593. The van der Waals surface area contributed by atoms with E-state index in [4.69, 9.17) is 0 Å². The summed E-state index contributed by atoms with van der Waals surface area (Å²) in [4.78, 5) is 24.3. The lowest BCUT2D eigenvalue weighted by molar-refractivity contribution is -0.384. The number of nitro benzene ring substituents is 1. The maximum Gasteiger partial charge on any atom is 0.292 e. The quantitative estimate of drug-likeness (QED) is 0.143. The van der Waals surface area contributed by atoms with Crippen LogP contribution >= 0.6 is 24.0 Å². The molecule has 0 radical (unpaired) electrons. The second-order valence-corrected chi connectivity index (χ2v) is 6.60. The number of hydrogen-bond donors (Lipinski definition) is 2. The molecule has 30 heavy (non-hydrogen) atoms. The first-order chi connectivity index (χ1) is 14.2. The fraction of sp³-hybridized carbons (Fsp3) is 0.400. The predicted molar refractivity (Wildman–Crippen MR) is 131 cm³/mol. The minimum absolute atomic E-state index is 0. The molecule has 9 nitrogen and oxygen atoms in total. The van der Waals surface area contributed by atoms with E-state index in [1.165, 1.54) is 6.07 Å². The van der Waals surface area contributed by atoms with Crippen LogP contribution in [0.5, 0.6) is 0 Å². The predicted octanol–water partition coefficient (Wildman–Crippen LogP) is 2.81. The van der Waals surface area contributed by atoms with Gasteiger partial charge < -0.3 is 20.4 Å². The third kappa shape index (κ3) is 6.44. The van der Waals surface area contributed by atoms with Gasteiger partial charge >= 0.3 is 0 Å². The summed E-state index contributed by atoms with van der Waals surface area (Å²) in [6.45, 7) is 7.37. The van der Waals surface area contributed by atoms with Crippen molar-refractivity contribution in [1.82, 2.24) is 15.2 Å². The lowest BCUT2D eigenvalue weighted by Crippen LogP contribution is -2.52. The van der Waals surface area contributed by atoms with Crippen molar-refractivity contribution >= 4 is 47.1 Å². The first kappa shape index (κ1) is 23.6. The van der Waals surface area contributed by atoms with Gasteiger partial charge in [0.05, 0.1) is 11.5 Å². The fourth-order valence-corrected chi connectivity index (χ4v) is 3.25. The Morgan fingerprint density at radius 3 is 2.57 bits per heavy atom. The molecule has 2 N–H and O–H groups in total. The molecule has 2 heterocycles. The molecule has 1 aromatic heterocycles. The Morgan fingerprint density at radius 2 is 1.90 bits per heavy atom. The molecule has 0 spiro atoms. The molecular formula is C20H28IN7O2. The highest BCUT2D eigenvalue weighted by Crippen LogP contribution is 2.22. The summed E-state index contributed by atoms with van der Waals surface area (Å²) in [5, 5.41) is 17.5. The third-order valence-corrected chi connectivity index (χ3v) is 4.68. The van der Waals surface area contributed by atoms with Gasteiger partial charge in [-0.05, 0) is 25.1 Å². The fourth-order valence-electron chi connectivity index (χ4n) is 3.25. The Bertz CT molecular complexity index is 827. The van der Waals surface area contributed by atoms with Crippen LogP contribution in [-0.2, 0) is 0 Å². The first-order valence-corrected chi connectivity index (χ1v) is 9.85. The van der Waals surface area contributed by atoms with Crippen LogP contribution in [0.4, 0.5) is 17.2 Å². The number of nitrogens with zero attached hydrogens (tertiary/aromatic N) is 5. The number of para-hydroxylation sites is 2. The topological polar surface area (TPSA) is 98.9 Å². The first-order valence-electron chi connectivity index (χ1n) is 9.85. The largest absolute Gasteiger partial charge is 0.378 e. The lowest BCUT2D eigenvalue weighted by atomic mass is 10.2. The van der Waals surface area contributed by atoms with Crippen molar-refractivity contribution in [2.45, 2.75) is 6.92 Å². The average Bonchev–Trinajstić information content (AvgIpc) is 2.77. The molecule has 1 aliphatic heterocycles. The van der Waals surface area contributed by atoms with E-state index in [0.29, 0.717) is 18.8 Å². The minimum Gasteiger partial charge on any atom is -0.378 e. The summed E-state index contributed by atoms with van der Waals surface area (Å²) in [5.74, 6) is 1.88. The number of halogens is 1. The highest BCUT2D eigenvalue weighted by Gasteiger charge is 2.20. The van der Waals surface area contributed by atoms with Gasteiger partial charge in [0.2, 0.25) is 0 Å². The molecule has 0 atom stereocenters. The van der Waals surface area contributed by atoms with Crippen LogP contribution in [0.2, 0.25) is 0 Å². The Hall–Kier alpha value is -2.63. The van der Waals surface area contributed by atoms with Crippen molar-refractivity contribution < 1.29 is 4.92 Å². The molecule has 162 valence electrons. The minimum atomic E-state index is -0.378. The van der Waals surface area contributed by atoms with E-state index in [1.807, 2.05) is 31.3 Å². The Balaban J connectivity index is 0.00000320. The molecule has 2 aromatic rings. The molecule has 1 saturated heterocycles. The number of aliphatic imine (C=N–C) groups is 1. The number of aromatic nitrogens is 1. The van der Waals surface area contributed by atoms with Gasteiger partial charge in [0.25, 0.3) is 5.69 Å².